The van der Waals surface area contributed by atoms with Crippen molar-refractivity contribution in [2.45, 2.75) is 95.3 Å². The average molecular weight is 409 g/mol. The first kappa shape index (κ1) is 26.6. The summed E-state index contributed by atoms with van der Waals surface area (Å²) in [6, 6.07) is 4.02. The molecule has 144 valence electrons. The Labute approximate surface area is 202 Å². The molecule has 4 nitrogen and oxygen atoms in total. The molecule has 0 aliphatic rings. The van der Waals surface area contributed by atoms with Crippen LogP contribution in [0.2, 0.25) is 0 Å². The molecule has 0 bridgehead atoms. The molecule has 1 aromatic rings. The van der Waals surface area contributed by atoms with Gasteiger partial charge in [-0.2, -0.15) is 8.42 Å². The predicted octanol–water partition coefficient (Wildman–Crippen LogP) is 2.25. The Hall–Kier alpha value is 0.566. The molecule has 0 spiro atoms. The second kappa shape index (κ2) is 15.5. The van der Waals surface area contributed by atoms with Gasteiger partial charge in [-0.05, 0) is 24.5 Å². The van der Waals surface area contributed by atoms with Crippen LogP contribution in [-0.4, -0.2) is 13.0 Å². The van der Waals surface area contributed by atoms with E-state index in [9.17, 15) is 18.1 Å². The van der Waals surface area contributed by atoms with Crippen LogP contribution in [-0.2, 0) is 16.5 Å². The van der Waals surface area contributed by atoms with E-state index in [-0.39, 0.29) is 67.6 Å². The Balaban J connectivity index is 0.00000625. The molecule has 1 rings (SSSR count). The van der Waals surface area contributed by atoms with Crippen molar-refractivity contribution in [1.82, 2.24) is 0 Å². The summed E-state index contributed by atoms with van der Waals surface area (Å²) in [5.74, 6) is -0.307. The summed E-state index contributed by atoms with van der Waals surface area (Å²) in [7, 11) is -4.32. The van der Waals surface area contributed by atoms with E-state index < -0.39 is 10.1 Å². The van der Waals surface area contributed by atoms with Gasteiger partial charge in [0.25, 0.3) is 10.1 Å². The SMILES string of the molecule is CCCCCCCCCCCCCCc1c([O-])cccc1S(=O)(=O)O.[K+]. The number of rotatable bonds is 14. The number of hydrogen-bond acceptors (Lipinski definition) is 3. The standard InChI is InChI=1S/C20H34O4S.K/c1-2-3-4-5-6-7-8-9-10-11-12-13-15-18-19(21)16-14-17-20(18)25(22,23)24;/h14,16-17,21H,2-13,15H2,1H3,(H,22,23,24);/q;+1/p-1. The summed E-state index contributed by atoms with van der Waals surface area (Å²) >= 11 is 0. The van der Waals surface area contributed by atoms with E-state index >= 15 is 0 Å². The maximum absolute atomic E-state index is 11.8. The summed E-state index contributed by atoms with van der Waals surface area (Å²) in [6.07, 6.45) is 15.1. The molecule has 1 aromatic carbocycles. The second-order valence-corrected chi connectivity index (χ2v) is 8.24. The molecule has 0 heterocycles. The Morgan fingerprint density at radius 2 is 1.31 bits per heavy atom. The minimum Gasteiger partial charge on any atom is -0.872 e. The summed E-state index contributed by atoms with van der Waals surface area (Å²) in [5, 5.41) is 11.8. The average Bonchev–Trinajstić information content (AvgIpc) is 2.56. The number of hydrogen-bond donors (Lipinski definition) is 1. The zero-order chi connectivity index (χ0) is 18.5. The van der Waals surface area contributed by atoms with Gasteiger partial charge in [-0.25, -0.2) is 0 Å². The predicted molar refractivity (Wildman–Crippen MR) is 100 cm³/mol. The van der Waals surface area contributed by atoms with Crippen molar-refractivity contribution in [2.75, 3.05) is 0 Å². The van der Waals surface area contributed by atoms with Crippen molar-refractivity contribution in [3.05, 3.63) is 23.8 Å². The van der Waals surface area contributed by atoms with E-state index in [1.807, 2.05) is 0 Å². The van der Waals surface area contributed by atoms with Gasteiger partial charge < -0.3 is 5.11 Å². The van der Waals surface area contributed by atoms with Crippen molar-refractivity contribution in [1.29, 1.82) is 0 Å². The van der Waals surface area contributed by atoms with Crippen molar-refractivity contribution in [3.63, 3.8) is 0 Å². The Bertz CT molecular complexity index is 587. The van der Waals surface area contributed by atoms with Gasteiger partial charge in [0.1, 0.15) is 0 Å². The molecule has 0 amide bonds. The van der Waals surface area contributed by atoms with E-state index in [0.717, 1.165) is 19.3 Å². The molecule has 0 saturated carbocycles. The summed E-state index contributed by atoms with van der Waals surface area (Å²) in [6.45, 7) is 2.24. The number of unbranched alkanes of at least 4 members (excludes halogenated alkanes) is 11. The van der Waals surface area contributed by atoms with E-state index in [2.05, 4.69) is 6.92 Å². The monoisotopic (exact) mass is 408 g/mol. The van der Waals surface area contributed by atoms with E-state index in [1.54, 1.807) is 0 Å². The quantitative estimate of drug-likeness (QED) is 0.291. The molecule has 0 aromatic heterocycles. The molecule has 1 N–H and O–H groups in total. The molecular weight excluding hydrogens is 375 g/mol. The van der Waals surface area contributed by atoms with Crippen LogP contribution >= 0.6 is 0 Å². The van der Waals surface area contributed by atoms with Crippen LogP contribution in [0.15, 0.2) is 23.1 Å². The minimum atomic E-state index is -4.32. The summed E-state index contributed by atoms with van der Waals surface area (Å²) in [4.78, 5) is -0.233. The van der Waals surface area contributed by atoms with Crippen LogP contribution in [0.25, 0.3) is 0 Å². The van der Waals surface area contributed by atoms with Crippen LogP contribution in [0.4, 0.5) is 0 Å². The maximum Gasteiger partial charge on any atom is 1.00 e. The van der Waals surface area contributed by atoms with Crippen molar-refractivity contribution in [3.8, 4) is 5.75 Å². The van der Waals surface area contributed by atoms with E-state index in [0.29, 0.717) is 6.42 Å². The van der Waals surface area contributed by atoms with Gasteiger partial charge in [0.15, 0.2) is 0 Å². The van der Waals surface area contributed by atoms with Crippen molar-refractivity contribution >= 4 is 10.1 Å². The summed E-state index contributed by atoms with van der Waals surface area (Å²) < 4.78 is 31.9. The molecule has 0 saturated heterocycles. The largest absolute Gasteiger partial charge is 1.00 e. The summed E-state index contributed by atoms with van der Waals surface area (Å²) in [5.41, 5.74) is 0.220. The molecule has 0 aliphatic heterocycles. The van der Waals surface area contributed by atoms with Gasteiger partial charge in [-0.15, -0.1) is 5.75 Å². The molecule has 0 unspecified atom stereocenters. The topological polar surface area (TPSA) is 77.4 Å². The first-order valence-corrected chi connectivity index (χ1v) is 11.2. The van der Waals surface area contributed by atoms with Gasteiger partial charge in [0.05, 0.1) is 4.90 Å². The Kier molecular flexibility index (Phi) is 15.8. The third-order valence-electron chi connectivity index (χ3n) is 4.65. The molecule has 0 atom stereocenters. The molecule has 0 radical (unpaired) electrons. The smallest absolute Gasteiger partial charge is 0.872 e. The zero-order valence-corrected chi connectivity index (χ0v) is 20.4. The normalized spacial score (nSPS) is 11.3. The zero-order valence-electron chi connectivity index (χ0n) is 16.5. The third-order valence-corrected chi connectivity index (χ3v) is 5.59. The number of benzene rings is 1. The molecule has 0 aliphatic carbocycles. The molecule has 0 fully saturated rings. The molecule has 6 heteroatoms. The fourth-order valence-corrected chi connectivity index (χ4v) is 3.94. The van der Waals surface area contributed by atoms with Gasteiger partial charge in [0.2, 0.25) is 0 Å². The molecule has 26 heavy (non-hydrogen) atoms. The Morgan fingerprint density at radius 3 is 1.77 bits per heavy atom. The molecular formula is C20H33KO4S. The first-order valence-electron chi connectivity index (χ1n) is 9.73. The fraction of sp³-hybridized carbons (Fsp3) is 0.700. The van der Waals surface area contributed by atoms with Crippen molar-refractivity contribution in [2.24, 2.45) is 0 Å². The van der Waals surface area contributed by atoms with E-state index in [1.165, 1.54) is 76.0 Å². The second-order valence-electron chi connectivity index (χ2n) is 6.85. The Morgan fingerprint density at radius 1 is 0.846 bits per heavy atom. The van der Waals surface area contributed by atoms with Gasteiger partial charge in [-0.1, -0.05) is 89.7 Å². The van der Waals surface area contributed by atoms with Crippen LogP contribution in [0.3, 0.4) is 0 Å². The van der Waals surface area contributed by atoms with E-state index in [4.69, 9.17) is 0 Å². The van der Waals surface area contributed by atoms with Crippen LogP contribution in [0, 0.1) is 0 Å². The van der Waals surface area contributed by atoms with Gasteiger partial charge >= 0.3 is 51.4 Å². The maximum atomic E-state index is 11.8. The minimum absolute atomic E-state index is 0. The van der Waals surface area contributed by atoms with Gasteiger partial charge in [-0.3, -0.25) is 4.55 Å². The first-order chi connectivity index (χ1) is 12.0. The van der Waals surface area contributed by atoms with Crippen LogP contribution < -0.4 is 56.5 Å². The van der Waals surface area contributed by atoms with Crippen molar-refractivity contribution < 1.29 is 69.5 Å². The fourth-order valence-electron chi connectivity index (χ4n) is 3.18. The van der Waals surface area contributed by atoms with Gasteiger partial charge in [0, 0.05) is 0 Å². The third kappa shape index (κ3) is 11.4. The van der Waals surface area contributed by atoms with Crippen LogP contribution in [0.1, 0.15) is 89.5 Å². The van der Waals surface area contributed by atoms with Crippen LogP contribution in [0.5, 0.6) is 5.75 Å².